The van der Waals surface area contributed by atoms with E-state index in [1.165, 1.54) is 0 Å². The topological polar surface area (TPSA) is 88.7 Å². The van der Waals surface area contributed by atoms with E-state index in [2.05, 4.69) is 9.97 Å². The van der Waals surface area contributed by atoms with E-state index < -0.39 is 0 Å². The number of pyridine rings is 1. The third-order valence-electron chi connectivity index (χ3n) is 4.50. The van der Waals surface area contributed by atoms with Gasteiger partial charge in [-0.3, -0.25) is 9.78 Å². The number of phenolic OH excluding ortho intramolecular Hbond substituents is 1. The van der Waals surface area contributed by atoms with Crippen molar-refractivity contribution < 1.29 is 19.1 Å². The highest BCUT2D eigenvalue weighted by Gasteiger charge is 2.26. The van der Waals surface area contributed by atoms with Gasteiger partial charge in [-0.25, -0.2) is 4.98 Å². The molecule has 27 heavy (non-hydrogen) atoms. The van der Waals surface area contributed by atoms with Gasteiger partial charge in [0.25, 0.3) is 5.91 Å². The van der Waals surface area contributed by atoms with Crippen LogP contribution in [-0.2, 0) is 6.54 Å². The zero-order chi connectivity index (χ0) is 19.0. The van der Waals surface area contributed by atoms with Gasteiger partial charge in [0.05, 0.1) is 6.54 Å². The summed E-state index contributed by atoms with van der Waals surface area (Å²) >= 11 is 0. The van der Waals surface area contributed by atoms with Crippen molar-refractivity contribution in [2.75, 3.05) is 13.2 Å². The molecule has 1 N–H and O–H groups in total. The number of carbonyl (C=O) groups excluding carboxylic acids is 1. The Hall–Kier alpha value is -3.35. The van der Waals surface area contributed by atoms with E-state index in [1.807, 2.05) is 18.2 Å². The Bertz CT molecular complexity index is 998. The minimum Gasteiger partial charge on any atom is -0.504 e. The summed E-state index contributed by atoms with van der Waals surface area (Å²) in [4.78, 5) is 22.9. The first kappa shape index (κ1) is 17.1. The van der Waals surface area contributed by atoms with Crippen LogP contribution in [0.2, 0.25) is 0 Å². The van der Waals surface area contributed by atoms with Crippen molar-refractivity contribution in [1.29, 1.82) is 0 Å². The van der Waals surface area contributed by atoms with Crippen LogP contribution in [0.4, 0.5) is 0 Å². The van der Waals surface area contributed by atoms with Crippen molar-refractivity contribution in [3.63, 3.8) is 0 Å². The average molecular weight is 365 g/mol. The fourth-order valence-electron chi connectivity index (χ4n) is 3.25. The molecule has 7 heteroatoms. The number of ether oxygens (including phenoxy) is 1. The maximum atomic E-state index is 12.9. The van der Waals surface area contributed by atoms with Crippen LogP contribution in [0.5, 0.6) is 11.5 Å². The molecule has 0 aliphatic carbocycles. The van der Waals surface area contributed by atoms with E-state index in [4.69, 9.17) is 9.15 Å². The third kappa shape index (κ3) is 3.23. The number of phenols is 1. The number of fused-ring (bicyclic) bond motifs is 1. The van der Waals surface area contributed by atoms with E-state index in [-0.39, 0.29) is 18.3 Å². The number of nitrogens with zero attached hydrogens (tertiary/aromatic N) is 3. The number of carbonyl (C=O) groups is 1. The predicted octanol–water partition coefficient (Wildman–Crippen LogP) is 3.09. The second-order valence-corrected chi connectivity index (χ2v) is 6.44. The first-order valence-corrected chi connectivity index (χ1v) is 8.65. The molecule has 0 unspecified atom stereocenters. The van der Waals surface area contributed by atoms with Crippen molar-refractivity contribution in [2.24, 2.45) is 0 Å². The van der Waals surface area contributed by atoms with Gasteiger partial charge in [-0.1, -0.05) is 6.07 Å². The van der Waals surface area contributed by atoms with Crippen LogP contribution in [0.1, 0.15) is 27.7 Å². The van der Waals surface area contributed by atoms with Gasteiger partial charge in [-0.15, -0.1) is 0 Å². The molecule has 3 aromatic rings. The van der Waals surface area contributed by atoms with Gasteiger partial charge in [0.2, 0.25) is 0 Å². The maximum absolute atomic E-state index is 12.9. The van der Waals surface area contributed by atoms with Gasteiger partial charge < -0.3 is 19.2 Å². The van der Waals surface area contributed by atoms with Crippen molar-refractivity contribution in [3.05, 3.63) is 59.6 Å². The molecular weight excluding hydrogens is 346 g/mol. The molecule has 4 rings (SSSR count). The number of oxazole rings is 1. The van der Waals surface area contributed by atoms with Crippen molar-refractivity contribution >= 4 is 5.91 Å². The summed E-state index contributed by atoms with van der Waals surface area (Å²) < 4.78 is 11.1. The standard InChI is InChI=1S/C20H19N3O4/c1-12-18(22-13(2)27-12)20(25)23-6-7-26-19-16(11-23)8-15(9-17(19)24)14-4-3-5-21-10-14/h3-5,8-10,24H,6-7,11H2,1-2H3. The Morgan fingerprint density at radius 3 is 2.81 bits per heavy atom. The van der Waals surface area contributed by atoms with E-state index in [1.54, 1.807) is 37.2 Å². The lowest BCUT2D eigenvalue weighted by molar-refractivity contribution is 0.0726. The number of aromatic hydroxyl groups is 1. The van der Waals surface area contributed by atoms with Gasteiger partial charge >= 0.3 is 0 Å². The third-order valence-corrected chi connectivity index (χ3v) is 4.50. The molecule has 1 aromatic carbocycles. The number of hydrogen-bond donors (Lipinski definition) is 1. The minimum absolute atomic E-state index is 0.0501. The molecule has 2 aromatic heterocycles. The molecule has 0 fully saturated rings. The van der Waals surface area contributed by atoms with E-state index in [0.29, 0.717) is 36.2 Å². The second kappa shape index (κ2) is 6.75. The molecular formula is C20H19N3O4. The van der Waals surface area contributed by atoms with Gasteiger partial charge in [-0.2, -0.15) is 0 Å². The molecule has 0 spiro atoms. The van der Waals surface area contributed by atoms with Gasteiger partial charge in [0.1, 0.15) is 12.4 Å². The Morgan fingerprint density at radius 2 is 2.11 bits per heavy atom. The molecule has 0 saturated carbocycles. The lowest BCUT2D eigenvalue weighted by Crippen LogP contribution is -2.33. The van der Waals surface area contributed by atoms with E-state index >= 15 is 0 Å². The van der Waals surface area contributed by atoms with Crippen LogP contribution in [-0.4, -0.2) is 39.0 Å². The minimum atomic E-state index is -0.216. The highest BCUT2D eigenvalue weighted by Crippen LogP contribution is 2.37. The number of rotatable bonds is 2. The summed E-state index contributed by atoms with van der Waals surface area (Å²) in [5.74, 6) is 1.20. The van der Waals surface area contributed by atoms with Crippen LogP contribution < -0.4 is 4.74 Å². The van der Waals surface area contributed by atoms with Crippen LogP contribution in [0.25, 0.3) is 11.1 Å². The van der Waals surface area contributed by atoms with Gasteiger partial charge in [-0.05, 0) is 30.7 Å². The molecule has 0 atom stereocenters. The molecule has 0 saturated heterocycles. The van der Waals surface area contributed by atoms with E-state index in [9.17, 15) is 9.90 Å². The predicted molar refractivity (Wildman–Crippen MR) is 97.6 cm³/mol. The number of aromatic nitrogens is 2. The van der Waals surface area contributed by atoms with Crippen LogP contribution >= 0.6 is 0 Å². The van der Waals surface area contributed by atoms with Crippen molar-refractivity contribution in [2.45, 2.75) is 20.4 Å². The zero-order valence-electron chi connectivity index (χ0n) is 15.1. The highest BCUT2D eigenvalue weighted by molar-refractivity contribution is 5.93. The number of hydrogen-bond acceptors (Lipinski definition) is 6. The molecule has 138 valence electrons. The van der Waals surface area contributed by atoms with E-state index in [0.717, 1.165) is 16.7 Å². The number of amides is 1. The zero-order valence-corrected chi connectivity index (χ0v) is 15.1. The summed E-state index contributed by atoms with van der Waals surface area (Å²) in [7, 11) is 0. The summed E-state index contributed by atoms with van der Waals surface area (Å²) in [5, 5.41) is 10.4. The smallest absolute Gasteiger partial charge is 0.276 e. The van der Waals surface area contributed by atoms with Crippen molar-refractivity contribution in [1.82, 2.24) is 14.9 Å². The largest absolute Gasteiger partial charge is 0.504 e. The Labute approximate surface area is 156 Å². The lowest BCUT2D eigenvalue weighted by atomic mass is 10.0. The average Bonchev–Trinajstić information content (AvgIpc) is 2.87. The number of benzene rings is 1. The monoisotopic (exact) mass is 365 g/mol. The molecule has 7 nitrogen and oxygen atoms in total. The van der Waals surface area contributed by atoms with Crippen LogP contribution in [0, 0.1) is 13.8 Å². The van der Waals surface area contributed by atoms with Crippen molar-refractivity contribution in [3.8, 4) is 22.6 Å². The normalized spacial score (nSPS) is 13.6. The summed E-state index contributed by atoms with van der Waals surface area (Å²) in [6.07, 6.45) is 3.42. The molecule has 1 aliphatic rings. The SMILES string of the molecule is Cc1nc(C(=O)N2CCOc3c(O)cc(-c4cccnc4)cc3C2)c(C)o1. The molecule has 0 radical (unpaired) electrons. The Balaban J connectivity index is 1.70. The lowest BCUT2D eigenvalue weighted by Gasteiger charge is -2.19. The van der Waals surface area contributed by atoms with Crippen LogP contribution in [0.15, 0.2) is 41.1 Å². The summed E-state index contributed by atoms with van der Waals surface area (Å²) in [6, 6.07) is 7.31. The van der Waals surface area contributed by atoms with Gasteiger partial charge in [0.15, 0.2) is 23.1 Å². The fraction of sp³-hybridized carbons (Fsp3) is 0.250. The number of aryl methyl sites for hydroxylation is 2. The summed E-state index contributed by atoms with van der Waals surface area (Å²) in [5.41, 5.74) is 2.73. The highest BCUT2D eigenvalue weighted by atomic mass is 16.5. The fourth-order valence-corrected chi connectivity index (χ4v) is 3.25. The molecule has 1 amide bonds. The first-order valence-electron chi connectivity index (χ1n) is 8.65. The quantitative estimate of drug-likeness (QED) is 0.751. The maximum Gasteiger partial charge on any atom is 0.276 e. The Kier molecular flexibility index (Phi) is 4.27. The molecule has 0 bridgehead atoms. The first-order chi connectivity index (χ1) is 13.0. The molecule has 1 aliphatic heterocycles. The van der Waals surface area contributed by atoms with Gasteiger partial charge in [0, 0.05) is 37.0 Å². The Morgan fingerprint density at radius 1 is 1.26 bits per heavy atom. The van der Waals surface area contributed by atoms with Crippen LogP contribution in [0.3, 0.4) is 0 Å². The molecule has 3 heterocycles. The summed E-state index contributed by atoms with van der Waals surface area (Å²) in [6.45, 7) is 4.42. The second-order valence-electron chi connectivity index (χ2n) is 6.44.